The normalized spacial score (nSPS) is 12.6. The summed E-state index contributed by atoms with van der Waals surface area (Å²) in [6.45, 7) is 6.18. The van der Waals surface area contributed by atoms with Crippen molar-refractivity contribution in [3.05, 3.63) is 28.8 Å². The fourth-order valence-electron chi connectivity index (χ4n) is 1.24. The number of nitrogens with zero attached hydrogens (tertiary/aromatic N) is 1. The molecule has 0 unspecified atom stereocenters. The van der Waals surface area contributed by atoms with Crippen LogP contribution in [0.2, 0.25) is 0 Å². The number of aromatic nitrogens is 1. The van der Waals surface area contributed by atoms with Crippen LogP contribution in [0.25, 0.3) is 5.57 Å². The van der Waals surface area contributed by atoms with E-state index < -0.39 is 0 Å². The molecule has 2 nitrogen and oxygen atoms in total. The van der Waals surface area contributed by atoms with E-state index in [1.54, 1.807) is 0 Å². The van der Waals surface area contributed by atoms with Crippen molar-refractivity contribution in [1.82, 2.24) is 4.98 Å². The molecule has 2 N–H and O–H groups in total. The maximum Gasteiger partial charge on any atom is 0.180 e. The van der Waals surface area contributed by atoms with Crippen LogP contribution in [-0.4, -0.2) is 4.98 Å². The zero-order chi connectivity index (χ0) is 10.6. The summed E-state index contributed by atoms with van der Waals surface area (Å²) in [6.07, 6.45) is 7.33. The number of hydrogen-bond acceptors (Lipinski definition) is 3. The SMILES string of the molecule is C/C=C(\C=C/CC)c1nc(N)sc1C. The maximum atomic E-state index is 5.66. The van der Waals surface area contributed by atoms with Gasteiger partial charge in [0.1, 0.15) is 0 Å². The minimum atomic E-state index is 0.641. The van der Waals surface area contributed by atoms with Crippen molar-refractivity contribution < 1.29 is 0 Å². The highest BCUT2D eigenvalue weighted by molar-refractivity contribution is 7.15. The third kappa shape index (κ3) is 2.45. The highest BCUT2D eigenvalue weighted by atomic mass is 32.1. The Morgan fingerprint density at radius 1 is 1.57 bits per heavy atom. The van der Waals surface area contributed by atoms with Gasteiger partial charge in [0.05, 0.1) is 5.69 Å². The molecular formula is C11H16N2S. The molecule has 1 aromatic rings. The van der Waals surface area contributed by atoms with E-state index in [1.165, 1.54) is 16.2 Å². The second-order valence-corrected chi connectivity index (χ2v) is 4.25. The van der Waals surface area contributed by atoms with Crippen LogP contribution in [0.1, 0.15) is 30.8 Å². The van der Waals surface area contributed by atoms with E-state index >= 15 is 0 Å². The quantitative estimate of drug-likeness (QED) is 0.773. The molecule has 0 aliphatic carbocycles. The Labute approximate surface area is 89.2 Å². The first-order chi connectivity index (χ1) is 6.69. The predicted octanol–water partition coefficient (Wildman–Crippen LogP) is 3.40. The number of anilines is 1. The summed E-state index contributed by atoms with van der Waals surface area (Å²) in [7, 11) is 0. The third-order valence-corrected chi connectivity index (χ3v) is 2.73. The Hall–Kier alpha value is -1.09. The van der Waals surface area contributed by atoms with Gasteiger partial charge in [-0.15, -0.1) is 11.3 Å². The van der Waals surface area contributed by atoms with Crippen LogP contribution >= 0.6 is 11.3 Å². The average Bonchev–Trinajstić information content (AvgIpc) is 2.47. The largest absolute Gasteiger partial charge is 0.375 e. The van der Waals surface area contributed by atoms with Crippen molar-refractivity contribution in [3.8, 4) is 0 Å². The Bertz CT molecular complexity index is 361. The van der Waals surface area contributed by atoms with Gasteiger partial charge in [-0.05, 0) is 25.8 Å². The van der Waals surface area contributed by atoms with Crippen LogP contribution < -0.4 is 5.73 Å². The lowest BCUT2D eigenvalue weighted by Gasteiger charge is -1.97. The minimum Gasteiger partial charge on any atom is -0.375 e. The number of aryl methyl sites for hydroxylation is 1. The zero-order valence-corrected chi connectivity index (χ0v) is 9.69. The number of hydrogen-bond donors (Lipinski definition) is 1. The van der Waals surface area contributed by atoms with Gasteiger partial charge in [0.2, 0.25) is 0 Å². The molecule has 1 rings (SSSR count). The minimum absolute atomic E-state index is 0.641. The molecule has 0 saturated heterocycles. The molecule has 0 aromatic carbocycles. The lowest BCUT2D eigenvalue weighted by atomic mass is 10.1. The van der Waals surface area contributed by atoms with Gasteiger partial charge in [0.25, 0.3) is 0 Å². The molecule has 1 aromatic heterocycles. The van der Waals surface area contributed by atoms with Crippen LogP contribution in [0.3, 0.4) is 0 Å². The number of allylic oxidation sites excluding steroid dienone is 4. The van der Waals surface area contributed by atoms with Crippen molar-refractivity contribution in [2.75, 3.05) is 5.73 Å². The van der Waals surface area contributed by atoms with Crippen molar-refractivity contribution >= 4 is 22.0 Å². The van der Waals surface area contributed by atoms with Crippen LogP contribution in [-0.2, 0) is 0 Å². The van der Waals surface area contributed by atoms with Crippen molar-refractivity contribution in [2.24, 2.45) is 0 Å². The van der Waals surface area contributed by atoms with Gasteiger partial charge in [0, 0.05) is 4.88 Å². The predicted molar refractivity (Wildman–Crippen MR) is 64.3 cm³/mol. The van der Waals surface area contributed by atoms with E-state index in [-0.39, 0.29) is 0 Å². The molecule has 1 heterocycles. The summed E-state index contributed by atoms with van der Waals surface area (Å²) < 4.78 is 0. The van der Waals surface area contributed by atoms with Crippen LogP contribution in [0, 0.1) is 6.92 Å². The van der Waals surface area contributed by atoms with Crippen LogP contribution in [0.15, 0.2) is 18.2 Å². The molecule has 3 heteroatoms. The highest BCUT2D eigenvalue weighted by Gasteiger charge is 2.07. The maximum absolute atomic E-state index is 5.66. The van der Waals surface area contributed by atoms with Crippen molar-refractivity contribution in [3.63, 3.8) is 0 Å². The average molecular weight is 208 g/mol. The number of thiazole rings is 1. The van der Waals surface area contributed by atoms with Crippen molar-refractivity contribution in [2.45, 2.75) is 27.2 Å². The first-order valence-electron chi connectivity index (χ1n) is 4.75. The molecule has 0 aliphatic rings. The van der Waals surface area contributed by atoms with Gasteiger partial charge in [-0.1, -0.05) is 25.2 Å². The number of rotatable bonds is 3. The number of nitrogens with two attached hydrogens (primary N) is 1. The van der Waals surface area contributed by atoms with E-state index in [9.17, 15) is 0 Å². The van der Waals surface area contributed by atoms with E-state index in [0.717, 1.165) is 17.7 Å². The first kappa shape index (κ1) is 11.0. The van der Waals surface area contributed by atoms with Gasteiger partial charge >= 0.3 is 0 Å². The Balaban J connectivity index is 3.01. The molecule has 0 amide bonds. The van der Waals surface area contributed by atoms with Crippen molar-refractivity contribution in [1.29, 1.82) is 0 Å². The third-order valence-electron chi connectivity index (χ3n) is 1.93. The van der Waals surface area contributed by atoms with Gasteiger partial charge in [-0.2, -0.15) is 0 Å². The van der Waals surface area contributed by atoms with E-state index in [2.05, 4.69) is 30.1 Å². The summed E-state index contributed by atoms with van der Waals surface area (Å²) >= 11 is 1.54. The molecule has 0 aliphatic heterocycles. The Morgan fingerprint density at radius 3 is 2.71 bits per heavy atom. The smallest absolute Gasteiger partial charge is 0.180 e. The van der Waals surface area contributed by atoms with E-state index in [0.29, 0.717) is 5.13 Å². The van der Waals surface area contributed by atoms with E-state index in [4.69, 9.17) is 5.73 Å². The van der Waals surface area contributed by atoms with Gasteiger partial charge in [-0.3, -0.25) is 0 Å². The first-order valence-corrected chi connectivity index (χ1v) is 5.56. The molecule has 0 bridgehead atoms. The zero-order valence-electron chi connectivity index (χ0n) is 8.87. The second-order valence-electron chi connectivity index (χ2n) is 3.01. The molecular weight excluding hydrogens is 192 g/mol. The van der Waals surface area contributed by atoms with Gasteiger partial charge < -0.3 is 5.73 Å². The van der Waals surface area contributed by atoms with Crippen LogP contribution in [0.5, 0.6) is 0 Å². The monoisotopic (exact) mass is 208 g/mol. The Morgan fingerprint density at radius 2 is 2.29 bits per heavy atom. The summed E-state index contributed by atoms with van der Waals surface area (Å²) in [5.41, 5.74) is 7.82. The number of nitrogen functional groups attached to an aromatic ring is 1. The molecule has 76 valence electrons. The standard InChI is InChI=1S/C11H16N2S/c1-4-6-7-9(5-2)10-8(3)14-11(12)13-10/h5-7H,4H2,1-3H3,(H2,12,13)/b7-6-,9-5+. The molecule has 14 heavy (non-hydrogen) atoms. The molecule has 0 radical (unpaired) electrons. The fraction of sp³-hybridized carbons (Fsp3) is 0.364. The highest BCUT2D eigenvalue weighted by Crippen LogP contribution is 2.26. The molecule has 0 fully saturated rings. The Kier molecular flexibility index (Phi) is 3.89. The molecule has 0 atom stereocenters. The molecule has 0 saturated carbocycles. The summed E-state index contributed by atoms with van der Waals surface area (Å²) in [5.74, 6) is 0. The van der Waals surface area contributed by atoms with Crippen LogP contribution in [0.4, 0.5) is 5.13 Å². The topological polar surface area (TPSA) is 38.9 Å². The fourth-order valence-corrected chi connectivity index (χ4v) is 1.95. The summed E-state index contributed by atoms with van der Waals surface area (Å²) in [4.78, 5) is 5.49. The lowest BCUT2D eigenvalue weighted by molar-refractivity contribution is 1.22. The second kappa shape index (κ2) is 4.96. The molecule has 0 spiro atoms. The summed E-state index contributed by atoms with van der Waals surface area (Å²) in [6, 6.07) is 0. The summed E-state index contributed by atoms with van der Waals surface area (Å²) in [5, 5.41) is 0.641. The van der Waals surface area contributed by atoms with Gasteiger partial charge in [0.15, 0.2) is 5.13 Å². The van der Waals surface area contributed by atoms with E-state index in [1.807, 2.05) is 13.8 Å². The van der Waals surface area contributed by atoms with Gasteiger partial charge in [-0.25, -0.2) is 4.98 Å². The lowest BCUT2D eigenvalue weighted by Crippen LogP contribution is -1.86.